The number of amides is 4. The van der Waals surface area contributed by atoms with Crippen molar-refractivity contribution < 1.29 is 33.4 Å². The molecule has 9 nitrogen and oxygen atoms in total. The number of unbranched alkanes of at least 4 members (excludes halogenated alkanes) is 1. The highest BCUT2D eigenvalue weighted by Crippen LogP contribution is 2.35. The summed E-state index contributed by atoms with van der Waals surface area (Å²) in [5.74, 6) is -1.73. The van der Waals surface area contributed by atoms with E-state index in [9.17, 15) is 24.0 Å². The zero-order valence-corrected chi connectivity index (χ0v) is 21.5. The molecule has 0 spiro atoms. The Balaban J connectivity index is 1.39. The van der Waals surface area contributed by atoms with Crippen LogP contribution in [0.3, 0.4) is 0 Å². The van der Waals surface area contributed by atoms with Gasteiger partial charge in [-0.05, 0) is 55.7 Å². The minimum atomic E-state index is -1.12. The Kier molecular flexibility index (Phi) is 6.98. The molecular weight excluding hydrogens is 500 g/mol. The van der Waals surface area contributed by atoms with Crippen LogP contribution in [0.4, 0.5) is 0 Å². The monoisotopic (exact) mass is 526 g/mol. The first-order valence-electron chi connectivity index (χ1n) is 12.6. The number of fused-ring (bicyclic) bond motifs is 2. The van der Waals surface area contributed by atoms with E-state index in [1.165, 1.54) is 19.1 Å². The summed E-state index contributed by atoms with van der Waals surface area (Å²) >= 11 is 0. The highest BCUT2D eigenvalue weighted by molar-refractivity contribution is 6.24. The van der Waals surface area contributed by atoms with Crippen molar-refractivity contribution in [2.45, 2.75) is 25.3 Å². The van der Waals surface area contributed by atoms with Crippen LogP contribution in [0.5, 0.6) is 11.5 Å². The van der Waals surface area contributed by atoms with Crippen LogP contribution in [-0.4, -0.2) is 66.0 Å². The predicted octanol–water partition coefficient (Wildman–Crippen LogP) is 4.02. The number of para-hydroxylation sites is 1. The van der Waals surface area contributed by atoms with Crippen LogP contribution < -0.4 is 9.47 Å². The summed E-state index contributed by atoms with van der Waals surface area (Å²) in [7, 11) is 2.86. The number of ketones is 1. The average Bonchev–Trinajstić information content (AvgIpc) is 3.36. The highest BCUT2D eigenvalue weighted by atomic mass is 16.5. The molecular formula is C30H26N2O7. The summed E-state index contributed by atoms with van der Waals surface area (Å²) < 4.78 is 10.8. The van der Waals surface area contributed by atoms with Gasteiger partial charge in [0.2, 0.25) is 0 Å². The SMILES string of the molecule is COc1cccc(C(=O)C(CCCCN2C(=O)c3ccccc3C2=O)N2C(=O)c3ccccc3C2=O)c1OC. The number of methoxy groups -OCH3 is 2. The largest absolute Gasteiger partial charge is 0.493 e. The van der Waals surface area contributed by atoms with Gasteiger partial charge in [0.1, 0.15) is 6.04 Å². The molecule has 5 rings (SSSR count). The van der Waals surface area contributed by atoms with Crippen molar-refractivity contribution in [3.05, 3.63) is 94.5 Å². The molecule has 198 valence electrons. The fourth-order valence-corrected chi connectivity index (χ4v) is 5.18. The Bertz CT molecular complexity index is 1440. The molecule has 0 bridgehead atoms. The first-order chi connectivity index (χ1) is 18.9. The van der Waals surface area contributed by atoms with E-state index in [0.717, 1.165) is 4.90 Å². The second-order valence-corrected chi connectivity index (χ2v) is 9.25. The van der Waals surface area contributed by atoms with Crippen LogP contribution in [0.1, 0.15) is 71.1 Å². The van der Waals surface area contributed by atoms with Crippen molar-refractivity contribution in [2.24, 2.45) is 0 Å². The molecule has 0 radical (unpaired) electrons. The van der Waals surface area contributed by atoms with Gasteiger partial charge in [0.05, 0.1) is 42.0 Å². The number of Topliss-reactive ketones (excluding diaryl/α,β-unsaturated/α-hetero) is 1. The third-order valence-corrected chi connectivity index (χ3v) is 7.10. The number of hydrogen-bond acceptors (Lipinski definition) is 7. The van der Waals surface area contributed by atoms with Gasteiger partial charge in [0, 0.05) is 6.54 Å². The molecule has 39 heavy (non-hydrogen) atoms. The van der Waals surface area contributed by atoms with Gasteiger partial charge in [-0.1, -0.05) is 30.3 Å². The molecule has 2 aliphatic heterocycles. The van der Waals surface area contributed by atoms with E-state index in [-0.39, 0.29) is 47.2 Å². The van der Waals surface area contributed by atoms with Crippen LogP contribution in [0.2, 0.25) is 0 Å². The summed E-state index contributed by atoms with van der Waals surface area (Å²) in [6, 6.07) is 16.8. The number of hydrogen-bond donors (Lipinski definition) is 0. The number of imide groups is 2. The van der Waals surface area contributed by atoms with Crippen LogP contribution in [-0.2, 0) is 0 Å². The summed E-state index contributed by atoms with van der Waals surface area (Å²) in [6.45, 7) is 0.151. The maximum Gasteiger partial charge on any atom is 0.262 e. The topological polar surface area (TPSA) is 110 Å². The number of rotatable bonds is 10. The normalized spacial score (nSPS) is 14.9. The van der Waals surface area contributed by atoms with Crippen molar-refractivity contribution >= 4 is 29.4 Å². The summed E-state index contributed by atoms with van der Waals surface area (Å²) in [5, 5.41) is 0. The molecule has 2 heterocycles. The quantitative estimate of drug-likeness (QED) is 0.223. The zero-order valence-electron chi connectivity index (χ0n) is 21.5. The molecule has 0 fully saturated rings. The number of carbonyl (C=O) groups excluding carboxylic acids is 5. The Morgan fingerprint density at radius 2 is 1.23 bits per heavy atom. The Morgan fingerprint density at radius 1 is 0.692 bits per heavy atom. The maximum absolute atomic E-state index is 13.9. The lowest BCUT2D eigenvalue weighted by Crippen LogP contribution is -2.45. The molecule has 3 aromatic carbocycles. The lowest BCUT2D eigenvalue weighted by molar-refractivity contribution is 0.0528. The number of carbonyl (C=O) groups is 5. The van der Waals surface area contributed by atoms with Crippen molar-refractivity contribution in [1.82, 2.24) is 9.80 Å². The Morgan fingerprint density at radius 3 is 1.74 bits per heavy atom. The lowest BCUT2D eigenvalue weighted by Gasteiger charge is -2.26. The van der Waals surface area contributed by atoms with Crippen LogP contribution >= 0.6 is 0 Å². The maximum atomic E-state index is 13.9. The third kappa shape index (κ3) is 4.35. The van der Waals surface area contributed by atoms with Crippen LogP contribution in [0.15, 0.2) is 66.7 Å². The van der Waals surface area contributed by atoms with Crippen molar-refractivity contribution in [3.63, 3.8) is 0 Å². The van der Waals surface area contributed by atoms with Gasteiger partial charge in [-0.15, -0.1) is 0 Å². The first-order valence-corrected chi connectivity index (χ1v) is 12.6. The predicted molar refractivity (Wildman–Crippen MR) is 140 cm³/mol. The van der Waals surface area contributed by atoms with E-state index in [0.29, 0.717) is 29.7 Å². The van der Waals surface area contributed by atoms with Crippen molar-refractivity contribution in [2.75, 3.05) is 20.8 Å². The molecule has 0 aliphatic carbocycles. The molecule has 0 saturated heterocycles. The molecule has 2 aliphatic rings. The number of nitrogens with zero attached hydrogens (tertiary/aromatic N) is 2. The van der Waals surface area contributed by atoms with Crippen molar-refractivity contribution in [1.29, 1.82) is 0 Å². The van der Waals surface area contributed by atoms with Gasteiger partial charge in [-0.25, -0.2) is 0 Å². The molecule has 3 aromatic rings. The van der Waals surface area contributed by atoms with Gasteiger partial charge < -0.3 is 9.47 Å². The Hall–Kier alpha value is -4.79. The fraction of sp³-hybridized carbons (Fsp3) is 0.233. The van der Waals surface area contributed by atoms with Gasteiger partial charge in [0.25, 0.3) is 23.6 Å². The lowest BCUT2D eigenvalue weighted by atomic mass is 9.96. The summed E-state index contributed by atoms with van der Waals surface area (Å²) in [4.78, 5) is 68.2. The number of benzene rings is 3. The van der Waals surface area contributed by atoms with E-state index < -0.39 is 23.6 Å². The van der Waals surface area contributed by atoms with Crippen LogP contribution in [0, 0.1) is 0 Å². The van der Waals surface area contributed by atoms with E-state index in [4.69, 9.17) is 9.47 Å². The van der Waals surface area contributed by atoms with Gasteiger partial charge in [-0.2, -0.15) is 0 Å². The molecule has 9 heteroatoms. The molecule has 1 atom stereocenters. The molecule has 1 unspecified atom stereocenters. The smallest absolute Gasteiger partial charge is 0.262 e. The standard InChI is InChI=1S/C30H26N2O7/c1-38-24-16-9-14-22(26(24)39-2)25(33)23(32-29(36)20-12-5-6-13-21(20)30(32)37)15-7-8-17-31-27(34)18-10-3-4-11-19(18)28(31)35/h3-6,9-14,16,23H,7-8,15,17H2,1-2H3. The molecule has 0 saturated carbocycles. The minimum absolute atomic E-state index is 0.133. The molecule has 0 aromatic heterocycles. The average molecular weight is 527 g/mol. The second kappa shape index (κ2) is 10.5. The zero-order chi connectivity index (χ0) is 27.7. The Labute approximate surface area is 224 Å². The summed E-state index contributed by atoms with van der Waals surface area (Å²) in [6.07, 6.45) is 0.880. The van der Waals surface area contributed by atoms with E-state index >= 15 is 0 Å². The number of ether oxygens (including phenoxy) is 2. The summed E-state index contributed by atoms with van der Waals surface area (Å²) in [5.41, 5.74) is 1.39. The fourth-order valence-electron chi connectivity index (χ4n) is 5.18. The van der Waals surface area contributed by atoms with Crippen molar-refractivity contribution in [3.8, 4) is 11.5 Å². The van der Waals surface area contributed by atoms with Gasteiger partial charge in [-0.3, -0.25) is 33.8 Å². The molecule has 4 amide bonds. The van der Waals surface area contributed by atoms with E-state index in [2.05, 4.69) is 0 Å². The highest BCUT2D eigenvalue weighted by Gasteiger charge is 2.43. The van der Waals surface area contributed by atoms with Crippen LogP contribution in [0.25, 0.3) is 0 Å². The van der Waals surface area contributed by atoms with Gasteiger partial charge in [0.15, 0.2) is 17.3 Å². The minimum Gasteiger partial charge on any atom is -0.493 e. The van der Waals surface area contributed by atoms with Gasteiger partial charge >= 0.3 is 0 Å². The first kappa shape index (κ1) is 25.8. The second-order valence-electron chi connectivity index (χ2n) is 9.25. The van der Waals surface area contributed by atoms with E-state index in [1.54, 1.807) is 66.7 Å². The third-order valence-electron chi connectivity index (χ3n) is 7.10. The van der Waals surface area contributed by atoms with E-state index in [1.807, 2.05) is 0 Å². The molecule has 0 N–H and O–H groups in total.